The van der Waals surface area contributed by atoms with Crippen LogP contribution < -0.4 is 0 Å². The Kier molecular flexibility index (Phi) is 7.41. The second kappa shape index (κ2) is 13.3. The molecular weight excluding hydrogens is 765 g/mol. The summed E-state index contributed by atoms with van der Waals surface area (Å²) in [6.07, 6.45) is 0. The largest absolute Gasteiger partial charge is 0.456 e. The van der Waals surface area contributed by atoms with E-state index < -0.39 is 0 Å². The summed E-state index contributed by atoms with van der Waals surface area (Å²) in [4.78, 5) is 15.8. The van der Waals surface area contributed by atoms with Crippen LogP contribution in [0, 0.1) is 0 Å². The number of furan rings is 1. The van der Waals surface area contributed by atoms with Crippen LogP contribution in [0.4, 0.5) is 0 Å². The van der Waals surface area contributed by atoms with Gasteiger partial charge in [-0.05, 0) is 87.6 Å². The molecule has 0 amide bonds. The zero-order chi connectivity index (χ0) is 40.0. The molecule has 0 aliphatic carbocycles. The summed E-state index contributed by atoms with van der Waals surface area (Å²) in [5.41, 5.74) is 10.3. The van der Waals surface area contributed by atoms with Crippen LogP contribution in [0.2, 0.25) is 0 Å². The molecule has 0 radical (unpaired) electrons. The van der Waals surface area contributed by atoms with Gasteiger partial charge in [-0.25, -0.2) is 4.98 Å². The summed E-state index contributed by atoms with van der Waals surface area (Å²) in [6, 6.07) is 68.5. The molecular formula is C55H32N4OS. The normalized spacial score (nSPS) is 11.9. The maximum absolute atomic E-state index is 6.40. The number of rotatable bonds is 5. The summed E-state index contributed by atoms with van der Waals surface area (Å²) in [6.45, 7) is 0. The van der Waals surface area contributed by atoms with Crippen LogP contribution in [-0.4, -0.2) is 19.5 Å². The molecule has 0 aliphatic heterocycles. The Labute approximate surface area is 353 Å². The van der Waals surface area contributed by atoms with Crippen LogP contribution in [0.15, 0.2) is 199 Å². The van der Waals surface area contributed by atoms with Gasteiger partial charge in [0.25, 0.3) is 0 Å². The molecule has 0 spiro atoms. The Hall–Kier alpha value is -7.93. The molecule has 9 aromatic carbocycles. The lowest BCUT2D eigenvalue weighted by Gasteiger charge is -2.11. The van der Waals surface area contributed by atoms with E-state index in [1.54, 1.807) is 11.3 Å². The van der Waals surface area contributed by atoms with Crippen molar-refractivity contribution in [2.24, 2.45) is 0 Å². The van der Waals surface area contributed by atoms with E-state index in [-0.39, 0.29) is 0 Å². The van der Waals surface area contributed by atoms with Crippen LogP contribution in [0.1, 0.15) is 0 Å². The van der Waals surface area contributed by atoms with Crippen molar-refractivity contribution >= 4 is 86.0 Å². The molecule has 284 valence electrons. The van der Waals surface area contributed by atoms with Gasteiger partial charge in [-0.15, -0.1) is 11.3 Å². The van der Waals surface area contributed by atoms with Crippen LogP contribution in [0.25, 0.3) is 126 Å². The molecule has 0 saturated carbocycles. The third-order valence-electron chi connectivity index (χ3n) is 12.1. The summed E-state index contributed by atoms with van der Waals surface area (Å²) in [5.74, 6) is 1.85. The Morgan fingerprint density at radius 1 is 0.393 bits per heavy atom. The van der Waals surface area contributed by atoms with E-state index in [9.17, 15) is 0 Å². The number of para-hydroxylation sites is 1. The predicted molar refractivity (Wildman–Crippen MR) is 254 cm³/mol. The number of hydrogen-bond acceptors (Lipinski definition) is 5. The van der Waals surface area contributed by atoms with Gasteiger partial charge in [0, 0.05) is 52.8 Å². The smallest absolute Gasteiger partial charge is 0.238 e. The molecule has 4 aromatic heterocycles. The SMILES string of the molecule is c1ccc(-c2ccc3c(c2)oc2ccc(-c4ccc5c(c4)c4ccccc4n5-c4nc(-c5ccccc5)nc(-c5cccc6c5sc5ccc7ccccc7c56)n4)cc23)cc1. The van der Waals surface area contributed by atoms with Crippen molar-refractivity contribution in [2.45, 2.75) is 0 Å². The number of hydrogen-bond donors (Lipinski definition) is 0. The molecule has 0 N–H and O–H groups in total. The van der Waals surface area contributed by atoms with Crippen LogP contribution >= 0.6 is 11.3 Å². The number of thiophene rings is 1. The van der Waals surface area contributed by atoms with Crippen molar-refractivity contribution in [1.82, 2.24) is 19.5 Å². The van der Waals surface area contributed by atoms with Crippen LogP contribution in [0.5, 0.6) is 0 Å². The molecule has 13 aromatic rings. The van der Waals surface area contributed by atoms with E-state index in [4.69, 9.17) is 19.4 Å². The van der Waals surface area contributed by atoms with Gasteiger partial charge in [-0.3, -0.25) is 4.57 Å². The van der Waals surface area contributed by atoms with Crippen molar-refractivity contribution in [1.29, 1.82) is 0 Å². The molecule has 0 fully saturated rings. The standard InChI is InChI=1S/C55H32N4OS/c1-3-12-33(13-4-1)38-22-26-41-45-31-37(24-28-48(45)60-49(41)32-38)36-23-27-47-44(30-36)40-18-9-10-21-46(40)59(47)55-57-53(35-15-5-2-6-16-35)56-54(58-55)43-20-11-19-42-51-39-17-8-7-14-34(39)25-29-50(51)61-52(42)43/h1-32H. The average molecular weight is 797 g/mol. The molecule has 13 rings (SSSR count). The van der Waals surface area contributed by atoms with E-state index >= 15 is 0 Å². The van der Waals surface area contributed by atoms with Crippen molar-refractivity contribution in [3.63, 3.8) is 0 Å². The van der Waals surface area contributed by atoms with E-state index in [1.807, 2.05) is 24.3 Å². The van der Waals surface area contributed by atoms with Crippen molar-refractivity contribution < 1.29 is 4.42 Å². The zero-order valence-electron chi connectivity index (χ0n) is 32.6. The van der Waals surface area contributed by atoms with Gasteiger partial charge in [0.2, 0.25) is 5.95 Å². The Morgan fingerprint density at radius 2 is 1.07 bits per heavy atom. The summed E-state index contributed by atoms with van der Waals surface area (Å²) in [7, 11) is 0. The molecule has 6 heteroatoms. The third kappa shape index (κ3) is 5.36. The Balaban J connectivity index is 0.986. The molecule has 4 heterocycles. The van der Waals surface area contributed by atoms with Crippen LogP contribution in [0.3, 0.4) is 0 Å². The predicted octanol–water partition coefficient (Wildman–Crippen LogP) is 15.1. The molecule has 0 bridgehead atoms. The number of benzene rings is 9. The second-order valence-corrected chi connectivity index (χ2v) is 16.6. The van der Waals surface area contributed by atoms with Gasteiger partial charge in [-0.1, -0.05) is 140 Å². The molecule has 0 atom stereocenters. The van der Waals surface area contributed by atoms with Gasteiger partial charge < -0.3 is 4.42 Å². The maximum atomic E-state index is 6.40. The lowest BCUT2D eigenvalue weighted by atomic mass is 9.99. The number of aromatic nitrogens is 4. The summed E-state index contributed by atoms with van der Waals surface area (Å²) >= 11 is 1.80. The fourth-order valence-corrected chi connectivity index (χ4v) is 10.4. The highest BCUT2D eigenvalue weighted by molar-refractivity contribution is 7.26. The zero-order valence-corrected chi connectivity index (χ0v) is 33.4. The molecule has 5 nitrogen and oxygen atoms in total. The van der Waals surface area contributed by atoms with Crippen molar-refractivity contribution in [2.75, 3.05) is 0 Å². The minimum atomic E-state index is 0.576. The summed E-state index contributed by atoms with van der Waals surface area (Å²) < 4.78 is 11.0. The van der Waals surface area contributed by atoms with Gasteiger partial charge >= 0.3 is 0 Å². The highest BCUT2D eigenvalue weighted by Crippen LogP contribution is 2.43. The molecule has 0 unspecified atom stereocenters. The van der Waals surface area contributed by atoms with E-state index in [2.05, 4.69) is 174 Å². The molecule has 0 aliphatic rings. The molecule has 0 saturated heterocycles. The first-order valence-electron chi connectivity index (χ1n) is 20.4. The van der Waals surface area contributed by atoms with Gasteiger partial charge in [0.15, 0.2) is 11.6 Å². The van der Waals surface area contributed by atoms with Gasteiger partial charge in [0.1, 0.15) is 11.2 Å². The fourth-order valence-electron chi connectivity index (χ4n) is 9.18. The Morgan fingerprint density at radius 3 is 1.93 bits per heavy atom. The second-order valence-electron chi connectivity index (χ2n) is 15.6. The first-order valence-corrected chi connectivity index (χ1v) is 21.2. The number of nitrogens with zero attached hydrogens (tertiary/aromatic N) is 4. The average Bonchev–Trinajstić information content (AvgIpc) is 4.01. The van der Waals surface area contributed by atoms with Gasteiger partial charge in [0.05, 0.1) is 11.0 Å². The highest BCUT2D eigenvalue weighted by atomic mass is 32.1. The van der Waals surface area contributed by atoms with Gasteiger partial charge in [-0.2, -0.15) is 9.97 Å². The van der Waals surface area contributed by atoms with E-state index in [0.717, 1.165) is 76.3 Å². The lowest BCUT2D eigenvalue weighted by Crippen LogP contribution is -2.06. The molecule has 61 heavy (non-hydrogen) atoms. The lowest BCUT2D eigenvalue weighted by molar-refractivity contribution is 0.669. The minimum absolute atomic E-state index is 0.576. The fraction of sp³-hybridized carbons (Fsp3) is 0. The first-order chi connectivity index (χ1) is 30.2. The number of fused-ring (bicyclic) bond motifs is 11. The third-order valence-corrected chi connectivity index (χ3v) is 13.3. The highest BCUT2D eigenvalue weighted by Gasteiger charge is 2.21. The van der Waals surface area contributed by atoms with Crippen molar-refractivity contribution in [3.8, 4) is 51.0 Å². The topological polar surface area (TPSA) is 56.7 Å². The summed E-state index contributed by atoms with van der Waals surface area (Å²) in [5, 5.41) is 9.43. The first kappa shape index (κ1) is 34.0. The maximum Gasteiger partial charge on any atom is 0.238 e. The quantitative estimate of drug-likeness (QED) is 0.174. The monoisotopic (exact) mass is 796 g/mol. The van der Waals surface area contributed by atoms with E-state index in [0.29, 0.717) is 17.6 Å². The Bertz CT molecular complexity index is 3880. The van der Waals surface area contributed by atoms with E-state index in [1.165, 1.54) is 31.8 Å². The minimum Gasteiger partial charge on any atom is -0.456 e. The van der Waals surface area contributed by atoms with Crippen molar-refractivity contribution in [3.05, 3.63) is 194 Å². The van der Waals surface area contributed by atoms with Crippen LogP contribution in [-0.2, 0) is 0 Å².